The number of hydrogen-bond acceptors (Lipinski definition) is 2. The standard InChI is InChI=1S/C16H14BrFN2O/c17-14-8-12(18)6-5-11(14)7-13(21)9-20-10-19-15-3-1-2-4-16(15)20/h1-6,8,10,13,21H,7,9H2. The first-order valence-electron chi connectivity index (χ1n) is 6.65. The molecule has 1 aromatic heterocycles. The predicted octanol–water partition coefficient (Wildman–Crippen LogP) is 3.54. The molecule has 1 heterocycles. The van der Waals surface area contributed by atoms with E-state index in [2.05, 4.69) is 20.9 Å². The molecule has 3 nitrogen and oxygen atoms in total. The van der Waals surface area contributed by atoms with Gasteiger partial charge in [0.25, 0.3) is 0 Å². The number of fused-ring (bicyclic) bond motifs is 1. The fraction of sp³-hybridized carbons (Fsp3) is 0.188. The summed E-state index contributed by atoms with van der Waals surface area (Å²) in [6.07, 6.45) is 1.62. The van der Waals surface area contributed by atoms with Crippen LogP contribution in [0.15, 0.2) is 53.3 Å². The zero-order chi connectivity index (χ0) is 14.8. The number of nitrogens with zero attached hydrogens (tertiary/aromatic N) is 2. The van der Waals surface area contributed by atoms with Crippen molar-refractivity contribution < 1.29 is 9.50 Å². The van der Waals surface area contributed by atoms with Crippen LogP contribution in [0.2, 0.25) is 0 Å². The van der Waals surface area contributed by atoms with E-state index in [0.29, 0.717) is 17.4 Å². The van der Waals surface area contributed by atoms with Crippen LogP contribution >= 0.6 is 15.9 Å². The van der Waals surface area contributed by atoms with Crippen LogP contribution in [0.4, 0.5) is 4.39 Å². The number of imidazole rings is 1. The predicted molar refractivity (Wildman–Crippen MR) is 83.5 cm³/mol. The summed E-state index contributed by atoms with van der Waals surface area (Å²) < 4.78 is 15.7. The molecule has 0 aliphatic carbocycles. The molecule has 0 saturated heterocycles. The molecule has 108 valence electrons. The number of hydrogen-bond donors (Lipinski definition) is 1. The second-order valence-electron chi connectivity index (χ2n) is 4.98. The SMILES string of the molecule is OC(Cc1ccc(F)cc1Br)Cn1cnc2ccccc21. The van der Waals surface area contributed by atoms with Crippen molar-refractivity contribution in [3.8, 4) is 0 Å². The molecule has 5 heteroatoms. The van der Waals surface area contributed by atoms with E-state index in [-0.39, 0.29) is 5.82 Å². The van der Waals surface area contributed by atoms with Crippen LogP contribution in [0.1, 0.15) is 5.56 Å². The van der Waals surface area contributed by atoms with E-state index in [9.17, 15) is 9.50 Å². The van der Waals surface area contributed by atoms with Gasteiger partial charge in [-0.05, 0) is 29.8 Å². The number of aliphatic hydroxyl groups excluding tert-OH is 1. The molecule has 3 aromatic rings. The van der Waals surface area contributed by atoms with E-state index < -0.39 is 6.10 Å². The third-order valence-electron chi connectivity index (χ3n) is 3.41. The van der Waals surface area contributed by atoms with Gasteiger partial charge in [0.15, 0.2) is 0 Å². The Labute approximate surface area is 130 Å². The first-order chi connectivity index (χ1) is 10.1. The van der Waals surface area contributed by atoms with E-state index in [0.717, 1.165) is 16.6 Å². The lowest BCUT2D eigenvalue weighted by molar-refractivity contribution is 0.155. The Morgan fingerprint density at radius 1 is 1.24 bits per heavy atom. The number of halogens is 2. The zero-order valence-electron chi connectivity index (χ0n) is 11.2. The molecule has 2 aromatic carbocycles. The molecule has 21 heavy (non-hydrogen) atoms. The Bertz CT molecular complexity index is 772. The minimum absolute atomic E-state index is 0.291. The number of rotatable bonds is 4. The average Bonchev–Trinajstić information content (AvgIpc) is 2.85. The van der Waals surface area contributed by atoms with Gasteiger partial charge in [-0.2, -0.15) is 0 Å². The van der Waals surface area contributed by atoms with Crippen molar-refractivity contribution in [1.82, 2.24) is 9.55 Å². The van der Waals surface area contributed by atoms with Gasteiger partial charge in [0.1, 0.15) is 5.82 Å². The number of para-hydroxylation sites is 2. The third-order valence-corrected chi connectivity index (χ3v) is 4.14. The normalized spacial score (nSPS) is 12.7. The van der Waals surface area contributed by atoms with Gasteiger partial charge >= 0.3 is 0 Å². The number of benzene rings is 2. The first kappa shape index (κ1) is 14.2. The Morgan fingerprint density at radius 2 is 2.05 bits per heavy atom. The molecular weight excluding hydrogens is 335 g/mol. The molecule has 1 unspecified atom stereocenters. The Morgan fingerprint density at radius 3 is 2.86 bits per heavy atom. The summed E-state index contributed by atoms with van der Waals surface area (Å²) >= 11 is 3.32. The molecule has 0 aliphatic rings. The molecule has 0 saturated carbocycles. The van der Waals surface area contributed by atoms with Gasteiger partial charge in [-0.25, -0.2) is 9.37 Å². The minimum atomic E-state index is -0.565. The highest BCUT2D eigenvalue weighted by atomic mass is 79.9. The fourth-order valence-corrected chi connectivity index (χ4v) is 2.90. The second-order valence-corrected chi connectivity index (χ2v) is 5.83. The van der Waals surface area contributed by atoms with E-state index >= 15 is 0 Å². The molecule has 0 amide bonds. The van der Waals surface area contributed by atoms with E-state index in [1.165, 1.54) is 12.1 Å². The van der Waals surface area contributed by atoms with Gasteiger partial charge in [0.05, 0.1) is 30.0 Å². The highest BCUT2D eigenvalue weighted by Gasteiger charge is 2.11. The fourth-order valence-electron chi connectivity index (χ4n) is 2.39. The maximum Gasteiger partial charge on any atom is 0.124 e. The molecule has 1 atom stereocenters. The van der Waals surface area contributed by atoms with Crippen molar-refractivity contribution in [3.63, 3.8) is 0 Å². The van der Waals surface area contributed by atoms with Gasteiger partial charge in [0, 0.05) is 10.9 Å². The lowest BCUT2D eigenvalue weighted by Crippen LogP contribution is -2.18. The summed E-state index contributed by atoms with van der Waals surface area (Å²) in [5.41, 5.74) is 2.79. The summed E-state index contributed by atoms with van der Waals surface area (Å²) in [6, 6.07) is 12.3. The van der Waals surface area contributed by atoms with E-state index in [1.54, 1.807) is 12.4 Å². The van der Waals surface area contributed by atoms with Crippen molar-refractivity contribution in [2.45, 2.75) is 19.1 Å². The maximum atomic E-state index is 13.1. The topological polar surface area (TPSA) is 38.0 Å². The zero-order valence-corrected chi connectivity index (χ0v) is 12.8. The third kappa shape index (κ3) is 3.14. The van der Waals surface area contributed by atoms with Crippen molar-refractivity contribution in [3.05, 3.63) is 64.6 Å². The highest BCUT2D eigenvalue weighted by Crippen LogP contribution is 2.20. The molecule has 3 rings (SSSR count). The van der Waals surface area contributed by atoms with Gasteiger partial charge in [-0.3, -0.25) is 0 Å². The summed E-state index contributed by atoms with van der Waals surface area (Å²) in [5, 5.41) is 10.3. The Balaban J connectivity index is 1.75. The largest absolute Gasteiger partial charge is 0.391 e. The Hall–Kier alpha value is -1.72. The second kappa shape index (κ2) is 5.95. The molecule has 0 bridgehead atoms. The number of aliphatic hydroxyl groups is 1. The monoisotopic (exact) mass is 348 g/mol. The van der Waals surface area contributed by atoms with Crippen LogP contribution in [-0.4, -0.2) is 20.8 Å². The van der Waals surface area contributed by atoms with Crippen molar-refractivity contribution in [2.75, 3.05) is 0 Å². The van der Waals surface area contributed by atoms with Crippen molar-refractivity contribution in [1.29, 1.82) is 0 Å². The van der Waals surface area contributed by atoms with Crippen LogP contribution < -0.4 is 0 Å². The summed E-state index contributed by atoms with van der Waals surface area (Å²) in [6.45, 7) is 0.449. The highest BCUT2D eigenvalue weighted by molar-refractivity contribution is 9.10. The first-order valence-corrected chi connectivity index (χ1v) is 7.44. The van der Waals surface area contributed by atoms with Crippen molar-refractivity contribution in [2.24, 2.45) is 0 Å². The number of aromatic nitrogens is 2. The maximum absolute atomic E-state index is 13.1. The lowest BCUT2D eigenvalue weighted by Gasteiger charge is -2.13. The van der Waals surface area contributed by atoms with Crippen LogP contribution in [0.5, 0.6) is 0 Å². The Kier molecular flexibility index (Phi) is 4.03. The average molecular weight is 349 g/mol. The smallest absolute Gasteiger partial charge is 0.124 e. The van der Waals surface area contributed by atoms with Crippen LogP contribution in [0, 0.1) is 5.82 Å². The van der Waals surface area contributed by atoms with Gasteiger partial charge < -0.3 is 9.67 Å². The summed E-state index contributed by atoms with van der Waals surface area (Å²) in [4.78, 5) is 4.30. The summed E-state index contributed by atoms with van der Waals surface area (Å²) in [5.74, 6) is -0.291. The van der Waals surface area contributed by atoms with Crippen molar-refractivity contribution >= 4 is 27.0 Å². The van der Waals surface area contributed by atoms with E-state index in [4.69, 9.17) is 0 Å². The quantitative estimate of drug-likeness (QED) is 0.782. The molecule has 0 spiro atoms. The van der Waals surface area contributed by atoms with Crippen LogP contribution in [0.25, 0.3) is 11.0 Å². The van der Waals surface area contributed by atoms with Crippen LogP contribution in [-0.2, 0) is 13.0 Å². The van der Waals surface area contributed by atoms with E-state index in [1.807, 2.05) is 28.8 Å². The van der Waals surface area contributed by atoms with Gasteiger partial charge in [-0.1, -0.05) is 34.1 Å². The molecule has 0 aliphatic heterocycles. The minimum Gasteiger partial charge on any atom is -0.391 e. The lowest BCUT2D eigenvalue weighted by atomic mass is 10.1. The summed E-state index contributed by atoms with van der Waals surface area (Å²) in [7, 11) is 0. The molecule has 0 radical (unpaired) electrons. The molecule has 1 N–H and O–H groups in total. The van der Waals surface area contributed by atoms with Gasteiger partial charge in [-0.15, -0.1) is 0 Å². The van der Waals surface area contributed by atoms with Gasteiger partial charge in [0.2, 0.25) is 0 Å². The molecule has 0 fully saturated rings. The molecular formula is C16H14BrFN2O. The van der Waals surface area contributed by atoms with Crippen LogP contribution in [0.3, 0.4) is 0 Å².